The number of amides is 1. The molecule has 9 heteroatoms. The van der Waals surface area contributed by atoms with Crippen molar-refractivity contribution in [1.29, 1.82) is 0 Å². The van der Waals surface area contributed by atoms with Gasteiger partial charge in [0.25, 0.3) is 0 Å². The second kappa shape index (κ2) is 6.64. The van der Waals surface area contributed by atoms with Crippen LogP contribution in [0.4, 0.5) is 18.0 Å². The van der Waals surface area contributed by atoms with E-state index in [1.807, 2.05) is 0 Å². The summed E-state index contributed by atoms with van der Waals surface area (Å²) in [5.74, 6) is -0.900. The first-order chi connectivity index (χ1) is 12.0. The van der Waals surface area contributed by atoms with Gasteiger partial charge in [0.05, 0.1) is 17.1 Å². The summed E-state index contributed by atoms with van der Waals surface area (Å²) in [6.07, 6.45) is -0.372. The second-order valence-electron chi connectivity index (χ2n) is 7.10. The number of halogens is 5. The lowest BCUT2D eigenvalue weighted by Gasteiger charge is -2.30. The first-order valence-corrected chi connectivity index (χ1v) is 9.13. The molecule has 0 unspecified atom stereocenters. The Labute approximate surface area is 162 Å². The Balaban J connectivity index is 2.14. The quantitative estimate of drug-likeness (QED) is 0.505. The molecule has 1 aliphatic heterocycles. The molecule has 0 bridgehead atoms. The SMILES string of the molecule is CC(C)(C)OC(=O)N1CCc2c(c3c(Br)cc(Cl)c(F)c3n2C(F)F)C1. The molecule has 26 heavy (non-hydrogen) atoms. The summed E-state index contributed by atoms with van der Waals surface area (Å²) < 4.78 is 48.3. The fraction of sp³-hybridized carbons (Fsp3) is 0.471. The van der Waals surface area contributed by atoms with Gasteiger partial charge in [0.15, 0.2) is 5.82 Å². The van der Waals surface area contributed by atoms with Crippen LogP contribution in [-0.4, -0.2) is 27.7 Å². The summed E-state index contributed by atoms with van der Waals surface area (Å²) in [6.45, 7) is 2.58. The van der Waals surface area contributed by atoms with Gasteiger partial charge in [-0.2, -0.15) is 8.78 Å². The Morgan fingerprint density at radius 3 is 2.62 bits per heavy atom. The van der Waals surface area contributed by atoms with Crippen LogP contribution in [0.5, 0.6) is 0 Å². The zero-order valence-electron chi connectivity index (χ0n) is 14.4. The Morgan fingerprint density at radius 2 is 2.04 bits per heavy atom. The highest BCUT2D eigenvalue weighted by molar-refractivity contribution is 9.10. The maximum Gasteiger partial charge on any atom is 0.410 e. The van der Waals surface area contributed by atoms with Crippen LogP contribution in [-0.2, 0) is 17.7 Å². The number of carbonyl (C=O) groups is 1. The van der Waals surface area contributed by atoms with Crippen LogP contribution in [0.1, 0.15) is 38.6 Å². The van der Waals surface area contributed by atoms with E-state index in [1.165, 1.54) is 11.0 Å². The van der Waals surface area contributed by atoms with Gasteiger partial charge in [0, 0.05) is 34.1 Å². The molecule has 0 aliphatic carbocycles. The van der Waals surface area contributed by atoms with Gasteiger partial charge in [-0.25, -0.2) is 9.18 Å². The molecule has 0 spiro atoms. The normalized spacial score (nSPS) is 14.9. The third kappa shape index (κ3) is 3.29. The summed E-state index contributed by atoms with van der Waals surface area (Å²) in [5.41, 5.74) is -0.152. The largest absolute Gasteiger partial charge is 0.444 e. The number of nitrogens with zero attached hydrogens (tertiary/aromatic N) is 2. The third-order valence-corrected chi connectivity index (χ3v) is 5.04. The fourth-order valence-electron chi connectivity index (χ4n) is 3.17. The Hall–Kier alpha value is -1.41. The van der Waals surface area contributed by atoms with Crippen molar-refractivity contribution in [2.45, 2.75) is 45.9 Å². The number of fused-ring (bicyclic) bond motifs is 3. The average Bonchev–Trinajstić information content (AvgIpc) is 2.85. The van der Waals surface area contributed by atoms with Crippen molar-refractivity contribution in [3.63, 3.8) is 0 Å². The molecule has 0 atom stereocenters. The predicted molar refractivity (Wildman–Crippen MR) is 96.2 cm³/mol. The summed E-state index contributed by atoms with van der Waals surface area (Å²) in [4.78, 5) is 13.8. The minimum absolute atomic E-state index is 0.0557. The first kappa shape index (κ1) is 19.4. The van der Waals surface area contributed by atoms with Crippen LogP contribution in [0.2, 0.25) is 5.02 Å². The van der Waals surface area contributed by atoms with E-state index in [0.29, 0.717) is 25.7 Å². The predicted octanol–water partition coefficient (Wildman–Crippen LogP) is 5.88. The molecular formula is C17H17BrClF3N2O2. The lowest BCUT2D eigenvalue weighted by atomic mass is 10.0. The monoisotopic (exact) mass is 452 g/mol. The third-order valence-electron chi connectivity index (χ3n) is 4.14. The smallest absolute Gasteiger partial charge is 0.410 e. The Kier molecular flexibility index (Phi) is 4.94. The molecule has 0 saturated heterocycles. The molecule has 1 aromatic heterocycles. The standard InChI is InChI=1S/C17H17BrClF3N2O2/c1-17(2,3)26-16(25)23-5-4-11-8(7-23)12-9(18)6-10(19)13(20)14(12)24(11)15(21)22/h6,15H,4-5,7H2,1-3H3. The number of rotatable bonds is 1. The molecule has 2 heterocycles. The van der Waals surface area contributed by atoms with Crippen LogP contribution < -0.4 is 0 Å². The highest BCUT2D eigenvalue weighted by Gasteiger charge is 2.33. The topological polar surface area (TPSA) is 34.5 Å². The van der Waals surface area contributed by atoms with Crippen molar-refractivity contribution in [3.05, 3.63) is 32.6 Å². The van der Waals surface area contributed by atoms with Crippen molar-refractivity contribution in [2.24, 2.45) is 0 Å². The lowest BCUT2D eigenvalue weighted by Crippen LogP contribution is -2.40. The van der Waals surface area contributed by atoms with E-state index in [4.69, 9.17) is 16.3 Å². The molecule has 0 radical (unpaired) electrons. The van der Waals surface area contributed by atoms with E-state index in [2.05, 4.69) is 15.9 Å². The molecule has 3 rings (SSSR count). The van der Waals surface area contributed by atoms with Gasteiger partial charge in [0.2, 0.25) is 0 Å². The molecule has 1 amide bonds. The second-order valence-corrected chi connectivity index (χ2v) is 8.36. The van der Waals surface area contributed by atoms with Gasteiger partial charge < -0.3 is 9.64 Å². The molecule has 0 saturated carbocycles. The van der Waals surface area contributed by atoms with E-state index in [-0.39, 0.29) is 30.0 Å². The molecular weight excluding hydrogens is 437 g/mol. The number of hydrogen-bond donors (Lipinski definition) is 0. The van der Waals surface area contributed by atoms with E-state index in [1.54, 1.807) is 20.8 Å². The highest BCUT2D eigenvalue weighted by Crippen LogP contribution is 2.41. The summed E-state index contributed by atoms with van der Waals surface area (Å²) in [6, 6.07) is 1.34. The van der Waals surface area contributed by atoms with Gasteiger partial charge >= 0.3 is 12.6 Å². The Morgan fingerprint density at radius 1 is 1.38 bits per heavy atom. The van der Waals surface area contributed by atoms with Gasteiger partial charge in [-0.3, -0.25) is 4.57 Å². The maximum atomic E-state index is 14.6. The lowest BCUT2D eigenvalue weighted by molar-refractivity contribution is 0.0217. The van der Waals surface area contributed by atoms with Crippen LogP contribution in [0.15, 0.2) is 10.5 Å². The van der Waals surface area contributed by atoms with Gasteiger partial charge in [0.1, 0.15) is 5.60 Å². The summed E-state index contributed by atoms with van der Waals surface area (Å²) in [5, 5.41) is 0.0561. The Bertz CT molecular complexity index is 893. The van der Waals surface area contributed by atoms with Crippen molar-refractivity contribution in [3.8, 4) is 0 Å². The van der Waals surface area contributed by atoms with Gasteiger partial charge in [-0.05, 0) is 26.8 Å². The minimum Gasteiger partial charge on any atom is -0.444 e. The minimum atomic E-state index is -2.92. The zero-order chi connectivity index (χ0) is 19.4. The number of ether oxygens (including phenoxy) is 1. The number of alkyl halides is 2. The van der Waals surface area contributed by atoms with Crippen LogP contribution in [0.3, 0.4) is 0 Å². The molecule has 142 valence electrons. The number of aromatic nitrogens is 1. The van der Waals surface area contributed by atoms with Gasteiger partial charge in [-0.15, -0.1) is 0 Å². The first-order valence-electron chi connectivity index (χ1n) is 7.96. The van der Waals surface area contributed by atoms with Gasteiger partial charge in [-0.1, -0.05) is 27.5 Å². The molecule has 1 aromatic carbocycles. The van der Waals surface area contributed by atoms with Crippen LogP contribution >= 0.6 is 27.5 Å². The van der Waals surface area contributed by atoms with E-state index in [9.17, 15) is 18.0 Å². The van der Waals surface area contributed by atoms with Crippen molar-refractivity contribution < 1.29 is 22.7 Å². The van der Waals surface area contributed by atoms with Crippen molar-refractivity contribution in [1.82, 2.24) is 9.47 Å². The van der Waals surface area contributed by atoms with E-state index >= 15 is 0 Å². The zero-order valence-corrected chi connectivity index (χ0v) is 16.7. The van der Waals surface area contributed by atoms with E-state index < -0.39 is 24.1 Å². The maximum absolute atomic E-state index is 14.6. The van der Waals surface area contributed by atoms with Crippen molar-refractivity contribution >= 4 is 44.5 Å². The number of benzene rings is 1. The molecule has 4 nitrogen and oxygen atoms in total. The average molecular weight is 454 g/mol. The summed E-state index contributed by atoms with van der Waals surface area (Å²) >= 11 is 9.12. The number of hydrogen-bond acceptors (Lipinski definition) is 2. The molecule has 0 fully saturated rings. The number of carbonyl (C=O) groups excluding carboxylic acids is 1. The fourth-order valence-corrected chi connectivity index (χ4v) is 4.16. The van der Waals surface area contributed by atoms with Crippen LogP contribution in [0.25, 0.3) is 10.9 Å². The van der Waals surface area contributed by atoms with Crippen molar-refractivity contribution in [2.75, 3.05) is 6.54 Å². The summed E-state index contributed by atoms with van der Waals surface area (Å²) in [7, 11) is 0. The molecule has 0 N–H and O–H groups in total. The molecule has 2 aromatic rings. The van der Waals surface area contributed by atoms with Crippen LogP contribution in [0, 0.1) is 5.82 Å². The highest BCUT2D eigenvalue weighted by atomic mass is 79.9. The molecule has 1 aliphatic rings. The van der Waals surface area contributed by atoms with E-state index in [0.717, 1.165) is 0 Å².